The van der Waals surface area contributed by atoms with Crippen molar-refractivity contribution >= 4 is 11.7 Å². The average molecular weight is 248 g/mol. The van der Waals surface area contributed by atoms with Crippen molar-refractivity contribution in [3.05, 3.63) is 23.9 Å². The number of carbonyl (C=O) groups excluding carboxylic acids is 1. The summed E-state index contributed by atoms with van der Waals surface area (Å²) >= 11 is 0. The Labute approximate surface area is 107 Å². The lowest BCUT2D eigenvalue weighted by atomic mass is 10.0. The second-order valence-corrected chi connectivity index (χ2v) is 4.81. The molecule has 1 aliphatic rings. The van der Waals surface area contributed by atoms with Crippen LogP contribution >= 0.6 is 0 Å². The molecule has 2 heterocycles. The Bertz CT molecular complexity index is 421. The first kappa shape index (κ1) is 12.8. The van der Waals surface area contributed by atoms with Crippen molar-refractivity contribution in [3.8, 4) is 0 Å². The third-order valence-electron chi connectivity index (χ3n) is 3.46. The third kappa shape index (κ3) is 3.20. The molecule has 5 nitrogen and oxygen atoms in total. The smallest absolute Gasteiger partial charge is 0.251 e. The molecule has 0 bridgehead atoms. The highest BCUT2D eigenvalue weighted by atomic mass is 16.1. The van der Waals surface area contributed by atoms with E-state index in [9.17, 15) is 4.79 Å². The highest BCUT2D eigenvalue weighted by molar-refractivity contribution is 5.94. The number of nitrogens with zero attached hydrogens (tertiary/aromatic N) is 2. The minimum Gasteiger partial charge on any atom is -0.384 e. The van der Waals surface area contributed by atoms with E-state index in [1.807, 2.05) is 0 Å². The molecule has 2 rings (SSSR count). The number of piperidine rings is 1. The summed E-state index contributed by atoms with van der Waals surface area (Å²) < 4.78 is 0. The molecule has 1 atom stereocenters. The van der Waals surface area contributed by atoms with Crippen molar-refractivity contribution in [1.29, 1.82) is 0 Å². The van der Waals surface area contributed by atoms with Crippen LogP contribution in [-0.2, 0) is 0 Å². The Kier molecular flexibility index (Phi) is 4.15. The van der Waals surface area contributed by atoms with Gasteiger partial charge in [0.1, 0.15) is 5.82 Å². The lowest BCUT2D eigenvalue weighted by molar-refractivity contribution is 0.0928. The topological polar surface area (TPSA) is 71.2 Å². The fourth-order valence-corrected chi connectivity index (χ4v) is 2.30. The van der Waals surface area contributed by atoms with E-state index < -0.39 is 0 Å². The van der Waals surface area contributed by atoms with Crippen LogP contribution in [0, 0.1) is 0 Å². The molecule has 1 aromatic rings. The van der Waals surface area contributed by atoms with Crippen molar-refractivity contribution in [2.24, 2.45) is 0 Å². The molecular weight excluding hydrogens is 228 g/mol. The average Bonchev–Trinajstić information content (AvgIpc) is 2.37. The number of nitrogens with two attached hydrogens (primary N) is 1. The zero-order valence-corrected chi connectivity index (χ0v) is 10.7. The molecule has 5 heteroatoms. The monoisotopic (exact) mass is 248 g/mol. The van der Waals surface area contributed by atoms with E-state index in [0.717, 1.165) is 13.0 Å². The molecule has 1 aromatic heterocycles. The lowest BCUT2D eigenvalue weighted by Crippen LogP contribution is -2.44. The van der Waals surface area contributed by atoms with Gasteiger partial charge in [0.05, 0.1) is 0 Å². The summed E-state index contributed by atoms with van der Waals surface area (Å²) in [6.45, 7) is 1.81. The number of anilines is 1. The number of likely N-dealkylation sites (N-methyl/N-ethyl adjacent to an activating group) is 1. The van der Waals surface area contributed by atoms with Crippen LogP contribution in [0.1, 0.15) is 29.6 Å². The Morgan fingerprint density at radius 3 is 3.17 bits per heavy atom. The van der Waals surface area contributed by atoms with Gasteiger partial charge in [-0.3, -0.25) is 4.79 Å². The van der Waals surface area contributed by atoms with Gasteiger partial charge < -0.3 is 16.0 Å². The highest BCUT2D eigenvalue weighted by Gasteiger charge is 2.19. The van der Waals surface area contributed by atoms with Gasteiger partial charge in [-0.1, -0.05) is 6.42 Å². The van der Waals surface area contributed by atoms with Gasteiger partial charge in [0.15, 0.2) is 0 Å². The van der Waals surface area contributed by atoms with E-state index in [0.29, 0.717) is 24.0 Å². The Morgan fingerprint density at radius 1 is 1.61 bits per heavy atom. The van der Waals surface area contributed by atoms with E-state index in [-0.39, 0.29) is 5.91 Å². The van der Waals surface area contributed by atoms with Gasteiger partial charge in [0.2, 0.25) is 0 Å². The second-order valence-electron chi connectivity index (χ2n) is 4.81. The highest BCUT2D eigenvalue weighted by Crippen LogP contribution is 2.14. The van der Waals surface area contributed by atoms with Gasteiger partial charge in [0, 0.05) is 24.3 Å². The summed E-state index contributed by atoms with van der Waals surface area (Å²) in [7, 11) is 2.11. The standard InChI is InChI=1S/C13H20N4O/c1-17-7-3-2-4-11(17)9-16-13(18)10-5-6-15-12(14)8-10/h5-6,8,11H,2-4,7,9H2,1H3,(H2,14,15)(H,16,18). The molecule has 98 valence electrons. The fourth-order valence-electron chi connectivity index (χ4n) is 2.30. The van der Waals surface area contributed by atoms with Gasteiger partial charge in [-0.2, -0.15) is 0 Å². The van der Waals surface area contributed by atoms with Crippen molar-refractivity contribution in [1.82, 2.24) is 15.2 Å². The van der Waals surface area contributed by atoms with Crippen LogP contribution in [0.25, 0.3) is 0 Å². The first-order valence-corrected chi connectivity index (χ1v) is 6.37. The number of carbonyl (C=O) groups is 1. The number of rotatable bonds is 3. The Hall–Kier alpha value is -1.62. The van der Waals surface area contributed by atoms with E-state index in [1.54, 1.807) is 18.3 Å². The minimum absolute atomic E-state index is 0.0805. The van der Waals surface area contributed by atoms with Crippen LogP contribution in [0.4, 0.5) is 5.82 Å². The molecule has 1 saturated heterocycles. The van der Waals surface area contributed by atoms with E-state index in [1.165, 1.54) is 12.8 Å². The van der Waals surface area contributed by atoms with Crippen LogP contribution < -0.4 is 11.1 Å². The summed E-state index contributed by atoms with van der Waals surface area (Å²) in [6.07, 6.45) is 5.20. The number of hydrogen-bond donors (Lipinski definition) is 2. The second kappa shape index (κ2) is 5.82. The molecule has 0 spiro atoms. The van der Waals surface area contributed by atoms with Crippen LogP contribution in [0.5, 0.6) is 0 Å². The molecule has 0 aliphatic carbocycles. The van der Waals surface area contributed by atoms with Crippen LogP contribution in [0.3, 0.4) is 0 Å². The van der Waals surface area contributed by atoms with Crippen LogP contribution in [0.2, 0.25) is 0 Å². The fraction of sp³-hybridized carbons (Fsp3) is 0.538. The number of nitrogen functional groups attached to an aromatic ring is 1. The first-order chi connectivity index (χ1) is 8.66. The number of aromatic nitrogens is 1. The molecule has 0 radical (unpaired) electrons. The molecule has 3 N–H and O–H groups in total. The number of hydrogen-bond acceptors (Lipinski definition) is 4. The predicted octanol–water partition coefficient (Wildman–Crippen LogP) is 0.878. The maximum atomic E-state index is 11.9. The molecule has 0 aromatic carbocycles. The van der Waals surface area contributed by atoms with Gasteiger partial charge in [-0.05, 0) is 38.6 Å². The van der Waals surface area contributed by atoms with E-state index in [2.05, 4.69) is 22.2 Å². The van der Waals surface area contributed by atoms with Crippen molar-refractivity contribution < 1.29 is 4.79 Å². The summed E-state index contributed by atoms with van der Waals surface area (Å²) in [5.74, 6) is 0.292. The molecule has 18 heavy (non-hydrogen) atoms. The number of pyridine rings is 1. The zero-order chi connectivity index (χ0) is 13.0. The number of nitrogens with one attached hydrogen (secondary N) is 1. The van der Waals surface area contributed by atoms with Gasteiger partial charge >= 0.3 is 0 Å². The molecule has 1 unspecified atom stereocenters. The molecule has 1 fully saturated rings. The van der Waals surface area contributed by atoms with Crippen LogP contribution in [-0.4, -0.2) is 42.0 Å². The molecule has 1 aliphatic heterocycles. The van der Waals surface area contributed by atoms with E-state index >= 15 is 0 Å². The summed E-state index contributed by atoms with van der Waals surface area (Å²) in [4.78, 5) is 18.1. The van der Waals surface area contributed by atoms with Crippen molar-refractivity contribution in [2.45, 2.75) is 25.3 Å². The summed E-state index contributed by atoms with van der Waals surface area (Å²) in [5.41, 5.74) is 6.13. The van der Waals surface area contributed by atoms with Gasteiger partial charge in [-0.25, -0.2) is 4.98 Å². The quantitative estimate of drug-likeness (QED) is 0.833. The lowest BCUT2D eigenvalue weighted by Gasteiger charge is -2.32. The normalized spacial score (nSPS) is 20.6. The number of likely N-dealkylation sites (tertiary alicyclic amines) is 1. The Balaban J connectivity index is 1.88. The number of amides is 1. The largest absolute Gasteiger partial charge is 0.384 e. The minimum atomic E-state index is -0.0805. The third-order valence-corrected chi connectivity index (χ3v) is 3.46. The van der Waals surface area contributed by atoms with Crippen molar-refractivity contribution in [2.75, 3.05) is 25.9 Å². The SMILES string of the molecule is CN1CCCCC1CNC(=O)c1ccnc(N)c1. The van der Waals surface area contributed by atoms with Gasteiger partial charge in [0.25, 0.3) is 5.91 Å². The molecular formula is C13H20N4O. The maximum Gasteiger partial charge on any atom is 0.251 e. The Morgan fingerprint density at radius 2 is 2.44 bits per heavy atom. The van der Waals surface area contributed by atoms with Gasteiger partial charge in [-0.15, -0.1) is 0 Å². The summed E-state index contributed by atoms with van der Waals surface area (Å²) in [6, 6.07) is 3.72. The molecule has 1 amide bonds. The van der Waals surface area contributed by atoms with Crippen LogP contribution in [0.15, 0.2) is 18.3 Å². The molecule has 0 saturated carbocycles. The summed E-state index contributed by atoms with van der Waals surface area (Å²) in [5, 5.41) is 2.96. The van der Waals surface area contributed by atoms with E-state index in [4.69, 9.17) is 5.73 Å². The zero-order valence-electron chi connectivity index (χ0n) is 10.7. The predicted molar refractivity (Wildman–Crippen MR) is 71.3 cm³/mol. The first-order valence-electron chi connectivity index (χ1n) is 6.37. The van der Waals surface area contributed by atoms with Crippen molar-refractivity contribution in [3.63, 3.8) is 0 Å². The maximum absolute atomic E-state index is 11.9.